The molecule has 10 unspecified atom stereocenters. The van der Waals surface area contributed by atoms with Crippen molar-refractivity contribution in [3.8, 4) is 0 Å². The van der Waals surface area contributed by atoms with E-state index in [1.807, 2.05) is 0 Å². The average molecular weight is 848 g/mol. The van der Waals surface area contributed by atoms with Gasteiger partial charge in [-0.25, -0.2) is 0 Å². The lowest BCUT2D eigenvalue weighted by Gasteiger charge is -2.59. The lowest BCUT2D eigenvalue weighted by molar-refractivity contribution is -0.347. The highest BCUT2D eigenvalue weighted by atomic mass is 16.8. The molecule has 14 nitrogen and oxygen atoms in total. The minimum atomic E-state index is -1.69. The highest BCUT2D eigenvalue weighted by Crippen LogP contribution is 2.72. The van der Waals surface area contributed by atoms with Crippen LogP contribution in [0.2, 0.25) is 0 Å². The van der Waals surface area contributed by atoms with E-state index < -0.39 is 92.3 Å². The second-order valence-corrected chi connectivity index (χ2v) is 21.5. The fraction of sp³-hybridized carbons (Fsp3) is 0.935. The Kier molecular flexibility index (Phi) is 12.1. The third kappa shape index (κ3) is 7.22. The van der Waals surface area contributed by atoms with E-state index >= 15 is 0 Å². The molecule has 9 rings (SSSR count). The summed E-state index contributed by atoms with van der Waals surface area (Å²) in [5.74, 6) is 4.39. The molecule has 8 fully saturated rings. The molecule has 24 atom stereocenters. The van der Waals surface area contributed by atoms with Crippen LogP contribution in [0.4, 0.5) is 0 Å². The van der Waals surface area contributed by atoms with Crippen LogP contribution < -0.4 is 5.32 Å². The van der Waals surface area contributed by atoms with Gasteiger partial charge in [-0.05, 0) is 137 Å². The van der Waals surface area contributed by atoms with E-state index in [4.69, 9.17) is 28.4 Å². The number of allylic oxidation sites excluding steroid dienone is 1. The molecule has 4 heterocycles. The maximum Gasteiger partial charge on any atom is 0.198 e. The van der Waals surface area contributed by atoms with Gasteiger partial charge in [0.25, 0.3) is 0 Å². The largest absolute Gasteiger partial charge is 0.394 e. The minimum absolute atomic E-state index is 0.0455. The molecule has 4 aliphatic heterocycles. The standard InChI is InChI=1S/C46H73NO13/c1-21-9-14-46(47-19-21)18-25-15-30-28-8-7-26-16-27(10-12-44(26,5)29(28)11-13-45(30,6)34(25)22(46)2)57-43-41(60-42-38(53)37(52)36(51)24(4)56-42)39(54)40(32(20-48)58-43)59-33-17-31(49)35(50)23(3)55-33/h7,21-25,27-38,40-43,47-53H,8-20H2,1-6H3/t21-,22+,23?,24?,25?,27+,28?,29?,30?,31-,32?,33+,34?,35+,36+,37+,38?,40-,41?,42+,43-,44+,45+,46-/m1/s1. The van der Waals surface area contributed by atoms with Crippen molar-refractivity contribution in [2.24, 2.45) is 52.3 Å². The molecule has 4 saturated heterocycles. The summed E-state index contributed by atoms with van der Waals surface area (Å²) in [5.41, 5.74) is 2.14. The van der Waals surface area contributed by atoms with Gasteiger partial charge in [-0.2, -0.15) is 0 Å². The van der Waals surface area contributed by atoms with Crippen LogP contribution in [0.5, 0.6) is 0 Å². The summed E-state index contributed by atoms with van der Waals surface area (Å²) in [7, 11) is 0. The van der Waals surface area contributed by atoms with Gasteiger partial charge in [0.1, 0.15) is 30.5 Å². The van der Waals surface area contributed by atoms with Gasteiger partial charge in [0.05, 0.1) is 31.0 Å². The molecule has 4 saturated carbocycles. The molecule has 60 heavy (non-hydrogen) atoms. The monoisotopic (exact) mass is 848 g/mol. The molecule has 1 spiro atoms. The SMILES string of the molecule is CC1O[C@@H](O[C@H]2C(=O)C(O[C@@H]3OC(C)[C@H](O)[C@H](O)C3O)[C@H](O[C@H]3CC[C@@]4(C)C(=CCC5C6CC7C[C@]8(CC[C@@H](C)CN8)[C@@H](C)C7[C@@]6(C)CCC54)C3)OC2CO)C[C@@H](O)[C@H]1O. The van der Waals surface area contributed by atoms with E-state index in [2.05, 4.69) is 39.1 Å². The van der Waals surface area contributed by atoms with Gasteiger partial charge in [-0.1, -0.05) is 39.3 Å². The maximum absolute atomic E-state index is 14.5. The Morgan fingerprint density at radius 1 is 0.800 bits per heavy atom. The first-order chi connectivity index (χ1) is 28.5. The number of rotatable bonds is 7. The summed E-state index contributed by atoms with van der Waals surface area (Å²) < 4.78 is 36.7. The molecule has 0 radical (unpaired) electrons. The fourth-order valence-electron chi connectivity index (χ4n) is 14.8. The topological polar surface area (TPSA) is 206 Å². The van der Waals surface area contributed by atoms with Crippen LogP contribution in [-0.2, 0) is 33.2 Å². The minimum Gasteiger partial charge on any atom is -0.394 e. The molecule has 5 aliphatic carbocycles. The van der Waals surface area contributed by atoms with Gasteiger partial charge >= 0.3 is 0 Å². The number of nitrogens with one attached hydrogen (secondary N) is 1. The van der Waals surface area contributed by atoms with Gasteiger partial charge in [-0.3, -0.25) is 4.79 Å². The smallest absolute Gasteiger partial charge is 0.198 e. The lowest BCUT2D eigenvalue weighted by Crippen LogP contribution is -2.64. The quantitative estimate of drug-likeness (QED) is 0.184. The number of ketones is 1. The molecule has 0 aromatic carbocycles. The number of aliphatic hydroxyl groups is 6. The van der Waals surface area contributed by atoms with E-state index in [1.165, 1.54) is 51.0 Å². The summed E-state index contributed by atoms with van der Waals surface area (Å²) >= 11 is 0. The number of piperidine rings is 1. The first-order valence-electron chi connectivity index (χ1n) is 23.4. The summed E-state index contributed by atoms with van der Waals surface area (Å²) in [5, 5.41) is 67.1. The molecule has 0 amide bonds. The summed E-state index contributed by atoms with van der Waals surface area (Å²) in [4.78, 5) is 14.5. The van der Waals surface area contributed by atoms with Gasteiger partial charge < -0.3 is 64.4 Å². The van der Waals surface area contributed by atoms with Gasteiger partial charge in [0.2, 0.25) is 0 Å². The van der Waals surface area contributed by atoms with E-state index in [9.17, 15) is 35.4 Å². The second kappa shape index (κ2) is 16.4. The first kappa shape index (κ1) is 44.1. The Morgan fingerprint density at radius 3 is 2.28 bits per heavy atom. The molecule has 340 valence electrons. The van der Waals surface area contributed by atoms with Gasteiger partial charge in [0, 0.05) is 12.0 Å². The van der Waals surface area contributed by atoms with E-state index in [-0.39, 0.29) is 17.9 Å². The van der Waals surface area contributed by atoms with Crippen LogP contribution in [0, 0.1) is 52.3 Å². The molecule has 14 heteroatoms. The number of aliphatic hydroxyl groups excluding tert-OH is 6. The Bertz CT molecular complexity index is 1590. The zero-order valence-electron chi connectivity index (χ0n) is 36.4. The number of ether oxygens (including phenoxy) is 6. The van der Waals surface area contributed by atoms with Crippen molar-refractivity contribution in [3.63, 3.8) is 0 Å². The molecular formula is C46H73NO13. The van der Waals surface area contributed by atoms with E-state index in [0.29, 0.717) is 35.1 Å². The van der Waals surface area contributed by atoms with Gasteiger partial charge in [0.15, 0.2) is 36.9 Å². The summed E-state index contributed by atoms with van der Waals surface area (Å²) in [6.45, 7) is 13.7. The molecule has 7 N–H and O–H groups in total. The van der Waals surface area contributed by atoms with Crippen LogP contribution >= 0.6 is 0 Å². The predicted molar refractivity (Wildman–Crippen MR) is 216 cm³/mol. The Hall–Kier alpha value is -1.11. The third-order valence-electron chi connectivity index (χ3n) is 18.3. The number of carbonyl (C=O) groups excluding carboxylic acids is 1. The Labute approximate surface area is 355 Å². The third-order valence-corrected chi connectivity index (χ3v) is 18.3. The maximum atomic E-state index is 14.5. The normalized spacial score (nSPS) is 56.7. The van der Waals surface area contributed by atoms with Crippen molar-refractivity contribution in [1.82, 2.24) is 5.32 Å². The Balaban J connectivity index is 0.911. The van der Waals surface area contributed by atoms with E-state index in [1.54, 1.807) is 6.92 Å². The van der Waals surface area contributed by atoms with Crippen molar-refractivity contribution in [2.75, 3.05) is 13.2 Å². The lowest BCUT2D eigenvalue weighted by atomic mass is 9.46. The van der Waals surface area contributed by atoms with E-state index in [0.717, 1.165) is 49.5 Å². The van der Waals surface area contributed by atoms with Crippen molar-refractivity contribution in [2.45, 2.75) is 204 Å². The fourth-order valence-corrected chi connectivity index (χ4v) is 14.8. The van der Waals surface area contributed by atoms with Crippen molar-refractivity contribution >= 4 is 5.78 Å². The first-order valence-corrected chi connectivity index (χ1v) is 23.4. The summed E-state index contributed by atoms with van der Waals surface area (Å²) in [6, 6.07) is 0. The zero-order chi connectivity index (χ0) is 42.6. The highest BCUT2D eigenvalue weighted by Gasteiger charge is 2.67. The predicted octanol–water partition coefficient (Wildman–Crippen LogP) is 2.72. The number of fused-ring (bicyclic) bond motifs is 7. The number of carbonyl (C=O) groups is 1. The number of Topliss-reactive ketones (excluding diaryl/α,β-unsaturated/α-hetero) is 1. The van der Waals surface area contributed by atoms with Crippen molar-refractivity contribution in [3.05, 3.63) is 11.6 Å². The van der Waals surface area contributed by atoms with Crippen LogP contribution in [0.3, 0.4) is 0 Å². The molecule has 9 aliphatic rings. The van der Waals surface area contributed by atoms with Crippen LogP contribution in [-0.4, -0.2) is 141 Å². The zero-order valence-corrected chi connectivity index (χ0v) is 36.4. The second-order valence-electron chi connectivity index (χ2n) is 21.5. The number of hydrogen-bond acceptors (Lipinski definition) is 14. The molecule has 0 bridgehead atoms. The van der Waals surface area contributed by atoms with Crippen LogP contribution in [0.1, 0.15) is 112 Å². The highest BCUT2D eigenvalue weighted by molar-refractivity contribution is 5.89. The Morgan fingerprint density at radius 2 is 1.57 bits per heavy atom. The van der Waals surface area contributed by atoms with Gasteiger partial charge in [-0.15, -0.1) is 0 Å². The van der Waals surface area contributed by atoms with Crippen molar-refractivity contribution in [1.29, 1.82) is 0 Å². The molecule has 0 aromatic heterocycles. The number of hydrogen-bond donors (Lipinski definition) is 7. The summed E-state index contributed by atoms with van der Waals surface area (Å²) in [6.07, 6.45) is -3.44. The van der Waals surface area contributed by atoms with Crippen molar-refractivity contribution < 1.29 is 63.9 Å². The average Bonchev–Trinajstić information content (AvgIpc) is 3.67. The molecule has 0 aromatic rings. The van der Waals surface area contributed by atoms with Crippen LogP contribution in [0.25, 0.3) is 0 Å². The molecular weight excluding hydrogens is 774 g/mol. The van der Waals surface area contributed by atoms with Crippen LogP contribution in [0.15, 0.2) is 11.6 Å².